The molecule has 1 amide bonds. The molecule has 0 bridgehead atoms. The average molecular weight is 345 g/mol. The van der Waals surface area contributed by atoms with Crippen LogP contribution in [0.2, 0.25) is 5.02 Å². The normalized spacial score (nSPS) is 10.4. The molecule has 2 heterocycles. The molecule has 2 aromatic heterocycles. The lowest BCUT2D eigenvalue weighted by Gasteiger charge is -2.08. The molecule has 9 heteroatoms. The van der Waals surface area contributed by atoms with Gasteiger partial charge in [-0.05, 0) is 40.3 Å². The maximum atomic E-state index is 11.9. The summed E-state index contributed by atoms with van der Waals surface area (Å²) in [6, 6.07) is 9.04. The van der Waals surface area contributed by atoms with Crippen molar-refractivity contribution in [1.29, 1.82) is 0 Å². The van der Waals surface area contributed by atoms with Crippen LogP contribution in [-0.2, 0) is 11.3 Å². The minimum Gasteiger partial charge on any atom is -0.495 e. The average Bonchev–Trinajstić information content (AvgIpc) is 3.08. The summed E-state index contributed by atoms with van der Waals surface area (Å²) in [5, 5.41) is 13.8. The van der Waals surface area contributed by atoms with Crippen LogP contribution in [-0.4, -0.2) is 38.2 Å². The topological polar surface area (TPSA) is 94.8 Å². The van der Waals surface area contributed by atoms with Gasteiger partial charge in [0.15, 0.2) is 0 Å². The Balaban J connectivity index is 1.69. The number of anilines is 1. The van der Waals surface area contributed by atoms with Crippen LogP contribution in [0.1, 0.15) is 0 Å². The van der Waals surface area contributed by atoms with E-state index in [1.807, 2.05) is 12.1 Å². The van der Waals surface area contributed by atoms with Gasteiger partial charge in [0.05, 0.1) is 12.1 Å². The van der Waals surface area contributed by atoms with Crippen molar-refractivity contribution < 1.29 is 9.53 Å². The number of tetrazole rings is 1. The van der Waals surface area contributed by atoms with E-state index >= 15 is 0 Å². The number of aromatic nitrogens is 5. The van der Waals surface area contributed by atoms with Gasteiger partial charge >= 0.3 is 0 Å². The maximum Gasteiger partial charge on any atom is 0.247 e. The highest BCUT2D eigenvalue weighted by Gasteiger charge is 2.07. The first-order valence-corrected chi connectivity index (χ1v) is 7.34. The summed E-state index contributed by atoms with van der Waals surface area (Å²) >= 11 is 6.13. The Morgan fingerprint density at radius 2 is 2.12 bits per heavy atom. The first-order valence-electron chi connectivity index (χ1n) is 6.96. The van der Waals surface area contributed by atoms with Crippen LogP contribution in [0.5, 0.6) is 5.75 Å². The fourth-order valence-electron chi connectivity index (χ4n) is 2.07. The molecule has 1 aromatic carbocycles. The molecule has 8 nitrogen and oxygen atoms in total. The standard InChI is InChI=1S/C15H13ClN6O2/c1-24-13-4-2-10(6-12(13)16)11-3-5-14(17-7-11)19-15(23)8-22-9-18-20-21-22/h2-7,9H,8H2,1H3,(H,17,19,23). The Morgan fingerprint density at radius 1 is 1.29 bits per heavy atom. The quantitative estimate of drug-likeness (QED) is 0.761. The zero-order valence-corrected chi connectivity index (χ0v) is 13.4. The van der Waals surface area contributed by atoms with Crippen molar-refractivity contribution in [1.82, 2.24) is 25.2 Å². The fourth-order valence-corrected chi connectivity index (χ4v) is 2.32. The number of ether oxygens (including phenoxy) is 1. The van der Waals surface area contributed by atoms with Crippen LogP contribution >= 0.6 is 11.6 Å². The molecular weight excluding hydrogens is 332 g/mol. The van der Waals surface area contributed by atoms with Gasteiger partial charge in [0.25, 0.3) is 0 Å². The molecule has 3 rings (SSSR count). The number of carbonyl (C=O) groups excluding carboxylic acids is 1. The van der Waals surface area contributed by atoms with Gasteiger partial charge in [0.2, 0.25) is 5.91 Å². The predicted octanol–water partition coefficient (Wildman–Crippen LogP) is 2.04. The second-order valence-electron chi connectivity index (χ2n) is 4.84. The van der Waals surface area contributed by atoms with Crippen molar-refractivity contribution in [3.8, 4) is 16.9 Å². The van der Waals surface area contributed by atoms with E-state index in [2.05, 4.69) is 25.8 Å². The third-order valence-electron chi connectivity index (χ3n) is 3.21. The van der Waals surface area contributed by atoms with Gasteiger partial charge in [0.1, 0.15) is 24.4 Å². The number of carbonyl (C=O) groups is 1. The monoisotopic (exact) mass is 344 g/mol. The van der Waals surface area contributed by atoms with E-state index in [1.54, 1.807) is 31.5 Å². The van der Waals surface area contributed by atoms with E-state index in [9.17, 15) is 4.79 Å². The van der Waals surface area contributed by atoms with Gasteiger partial charge in [-0.15, -0.1) is 5.10 Å². The molecule has 0 saturated carbocycles. The molecule has 24 heavy (non-hydrogen) atoms. The molecule has 0 saturated heterocycles. The van der Waals surface area contributed by atoms with E-state index in [4.69, 9.17) is 16.3 Å². The van der Waals surface area contributed by atoms with Crippen molar-refractivity contribution >= 4 is 23.3 Å². The first kappa shape index (κ1) is 15.9. The molecular formula is C15H13ClN6O2. The van der Waals surface area contributed by atoms with E-state index in [0.29, 0.717) is 16.6 Å². The Hall–Kier alpha value is -3.00. The van der Waals surface area contributed by atoms with Crippen molar-refractivity contribution in [2.45, 2.75) is 6.54 Å². The van der Waals surface area contributed by atoms with Gasteiger partial charge in [-0.1, -0.05) is 17.7 Å². The summed E-state index contributed by atoms with van der Waals surface area (Å²) in [6.45, 7) is 0.0184. The molecule has 0 atom stereocenters. The predicted molar refractivity (Wildman–Crippen MR) is 87.7 cm³/mol. The number of nitrogens with zero attached hydrogens (tertiary/aromatic N) is 5. The molecule has 0 fully saturated rings. The Kier molecular flexibility index (Phi) is 4.66. The summed E-state index contributed by atoms with van der Waals surface area (Å²) in [4.78, 5) is 16.1. The first-order chi connectivity index (χ1) is 11.7. The Morgan fingerprint density at radius 3 is 2.75 bits per heavy atom. The summed E-state index contributed by atoms with van der Waals surface area (Å²) in [5.41, 5.74) is 1.78. The third kappa shape index (κ3) is 3.66. The molecule has 0 aliphatic heterocycles. The largest absolute Gasteiger partial charge is 0.495 e. The molecule has 3 aromatic rings. The molecule has 122 valence electrons. The van der Waals surface area contributed by atoms with Crippen LogP contribution < -0.4 is 10.1 Å². The summed E-state index contributed by atoms with van der Waals surface area (Å²) < 4.78 is 6.45. The van der Waals surface area contributed by atoms with Crippen LogP contribution in [0.15, 0.2) is 42.9 Å². The van der Waals surface area contributed by atoms with Crippen molar-refractivity contribution in [3.63, 3.8) is 0 Å². The number of benzene rings is 1. The second-order valence-corrected chi connectivity index (χ2v) is 5.24. The number of methoxy groups -OCH3 is 1. The number of hydrogen-bond acceptors (Lipinski definition) is 6. The van der Waals surface area contributed by atoms with E-state index in [0.717, 1.165) is 11.1 Å². The van der Waals surface area contributed by atoms with Crippen LogP contribution in [0, 0.1) is 0 Å². The van der Waals surface area contributed by atoms with Gasteiger partial charge < -0.3 is 10.1 Å². The SMILES string of the molecule is COc1ccc(-c2ccc(NC(=O)Cn3cnnn3)nc2)cc1Cl. The van der Waals surface area contributed by atoms with Gasteiger partial charge in [-0.2, -0.15) is 0 Å². The molecule has 0 aliphatic carbocycles. The number of nitrogens with one attached hydrogen (secondary N) is 1. The van der Waals surface area contributed by atoms with E-state index in [1.165, 1.54) is 11.0 Å². The van der Waals surface area contributed by atoms with Crippen molar-refractivity contribution in [2.75, 3.05) is 12.4 Å². The zero-order chi connectivity index (χ0) is 16.9. The van der Waals surface area contributed by atoms with Crippen LogP contribution in [0.4, 0.5) is 5.82 Å². The summed E-state index contributed by atoms with van der Waals surface area (Å²) in [7, 11) is 1.56. The third-order valence-corrected chi connectivity index (χ3v) is 3.51. The number of hydrogen-bond donors (Lipinski definition) is 1. The van der Waals surface area contributed by atoms with E-state index in [-0.39, 0.29) is 12.5 Å². The van der Waals surface area contributed by atoms with Gasteiger partial charge in [-0.3, -0.25) is 4.79 Å². The summed E-state index contributed by atoms with van der Waals surface area (Å²) in [6.07, 6.45) is 3.02. The Bertz CT molecular complexity index is 836. The fraction of sp³-hybridized carbons (Fsp3) is 0.133. The van der Waals surface area contributed by atoms with Crippen molar-refractivity contribution in [3.05, 3.63) is 47.9 Å². The molecule has 0 unspecified atom stereocenters. The smallest absolute Gasteiger partial charge is 0.247 e. The lowest BCUT2D eigenvalue weighted by Crippen LogP contribution is -2.19. The highest BCUT2D eigenvalue weighted by molar-refractivity contribution is 6.32. The number of rotatable bonds is 5. The number of pyridine rings is 1. The lowest BCUT2D eigenvalue weighted by molar-refractivity contribution is -0.116. The van der Waals surface area contributed by atoms with Crippen LogP contribution in [0.25, 0.3) is 11.1 Å². The Labute approximate surface area is 142 Å². The zero-order valence-electron chi connectivity index (χ0n) is 12.7. The second kappa shape index (κ2) is 7.05. The molecule has 0 spiro atoms. The molecule has 0 radical (unpaired) electrons. The minimum absolute atomic E-state index is 0.0184. The lowest BCUT2D eigenvalue weighted by atomic mass is 10.1. The van der Waals surface area contributed by atoms with Crippen LogP contribution in [0.3, 0.4) is 0 Å². The summed E-state index contributed by atoms with van der Waals surface area (Å²) in [5.74, 6) is 0.784. The highest BCUT2D eigenvalue weighted by Crippen LogP contribution is 2.30. The minimum atomic E-state index is -0.268. The molecule has 0 aliphatic rings. The van der Waals surface area contributed by atoms with Gasteiger partial charge in [0, 0.05) is 11.8 Å². The maximum absolute atomic E-state index is 11.9. The number of amides is 1. The van der Waals surface area contributed by atoms with Crippen molar-refractivity contribution in [2.24, 2.45) is 0 Å². The van der Waals surface area contributed by atoms with Gasteiger partial charge in [-0.25, -0.2) is 9.67 Å². The number of halogens is 1. The van der Waals surface area contributed by atoms with E-state index < -0.39 is 0 Å². The molecule has 1 N–H and O–H groups in total. The highest BCUT2D eigenvalue weighted by atomic mass is 35.5.